The molecule has 1 aliphatic rings. The maximum atomic E-state index is 13.1. The van der Waals surface area contributed by atoms with Crippen molar-refractivity contribution in [2.75, 3.05) is 17.8 Å². The van der Waals surface area contributed by atoms with Crippen molar-refractivity contribution in [3.63, 3.8) is 0 Å². The van der Waals surface area contributed by atoms with Crippen molar-refractivity contribution >= 4 is 28.6 Å². The van der Waals surface area contributed by atoms with Gasteiger partial charge in [0.05, 0.1) is 12.8 Å². The number of nitrogens with zero attached hydrogens (tertiary/aromatic N) is 5. The van der Waals surface area contributed by atoms with Crippen LogP contribution >= 0.6 is 11.8 Å². The minimum Gasteiger partial charge on any atom is -0.497 e. The van der Waals surface area contributed by atoms with E-state index in [4.69, 9.17) is 4.74 Å². The summed E-state index contributed by atoms with van der Waals surface area (Å²) in [6.45, 7) is 8.47. The van der Waals surface area contributed by atoms with E-state index in [1.165, 1.54) is 35.3 Å². The van der Waals surface area contributed by atoms with Crippen LogP contribution in [0.3, 0.4) is 0 Å². The summed E-state index contributed by atoms with van der Waals surface area (Å²) in [6, 6.07) is 19.3. The average molecular weight is 695 g/mol. The van der Waals surface area contributed by atoms with Gasteiger partial charge in [-0.2, -0.15) is 4.99 Å². The molecule has 2 amide bonds. The van der Waals surface area contributed by atoms with E-state index in [0.29, 0.717) is 16.7 Å². The zero-order chi connectivity index (χ0) is 35.1. The predicted octanol–water partition coefficient (Wildman–Crippen LogP) is 8.77. The molecule has 260 valence electrons. The van der Waals surface area contributed by atoms with Gasteiger partial charge in [-0.1, -0.05) is 49.9 Å². The number of aliphatic imine (C=N–C) groups is 1. The van der Waals surface area contributed by atoms with Crippen LogP contribution in [0.5, 0.6) is 11.5 Å². The number of urea groups is 1. The number of thioether (sulfide) groups is 1. The number of alkyl halides is 3. The molecule has 2 atom stereocenters. The quantitative estimate of drug-likeness (QED) is 0.168. The first-order valence-electron chi connectivity index (χ1n) is 16.3. The van der Waals surface area contributed by atoms with Gasteiger partial charge < -0.3 is 19.7 Å². The zero-order valence-corrected chi connectivity index (χ0v) is 29.0. The number of aryl methyl sites for hydroxylation is 1. The molecule has 1 fully saturated rings. The second-order valence-corrected chi connectivity index (χ2v) is 13.4. The molecule has 1 N–H and O–H groups in total. The molecule has 4 aromatic rings. The summed E-state index contributed by atoms with van der Waals surface area (Å²) >= 11 is 1.61. The highest BCUT2D eigenvalue weighted by molar-refractivity contribution is 8.14. The Hall–Kier alpha value is -4.52. The monoisotopic (exact) mass is 694 g/mol. The largest absolute Gasteiger partial charge is 0.573 e. The number of amides is 2. The third-order valence-electron chi connectivity index (χ3n) is 8.24. The smallest absolute Gasteiger partial charge is 0.497 e. The van der Waals surface area contributed by atoms with Gasteiger partial charge in [0.25, 0.3) is 0 Å². The lowest BCUT2D eigenvalue weighted by atomic mass is 9.99. The minimum atomic E-state index is -4.75. The lowest BCUT2D eigenvalue weighted by Crippen LogP contribution is -2.43. The normalized spacial score (nSPS) is 16.6. The van der Waals surface area contributed by atoms with E-state index in [9.17, 15) is 18.0 Å². The van der Waals surface area contributed by atoms with E-state index >= 15 is 0 Å². The van der Waals surface area contributed by atoms with E-state index in [1.807, 2.05) is 37.3 Å². The summed E-state index contributed by atoms with van der Waals surface area (Å²) in [4.78, 5) is 24.1. The first-order chi connectivity index (χ1) is 23.4. The Labute approximate surface area is 288 Å². The number of hydrogen-bond donors (Lipinski definition) is 1. The van der Waals surface area contributed by atoms with E-state index in [-0.39, 0.29) is 29.8 Å². The Morgan fingerprint density at radius 1 is 1.06 bits per heavy atom. The summed E-state index contributed by atoms with van der Waals surface area (Å²) in [6.07, 6.45) is 0.259. The molecule has 49 heavy (non-hydrogen) atoms. The second kappa shape index (κ2) is 15.8. The fourth-order valence-electron chi connectivity index (χ4n) is 5.63. The van der Waals surface area contributed by atoms with Crippen LogP contribution in [0.25, 0.3) is 17.1 Å². The molecule has 1 saturated heterocycles. The van der Waals surface area contributed by atoms with Crippen LogP contribution in [0, 0.1) is 0 Å². The van der Waals surface area contributed by atoms with Gasteiger partial charge in [-0.25, -0.2) is 14.5 Å². The minimum absolute atomic E-state index is 0.0509. The summed E-state index contributed by atoms with van der Waals surface area (Å²) in [5.74, 6) is 2.18. The molecule has 0 aliphatic carbocycles. The number of nitrogens with one attached hydrogen (secondary N) is 1. The van der Waals surface area contributed by atoms with Crippen molar-refractivity contribution < 1.29 is 27.4 Å². The zero-order valence-electron chi connectivity index (χ0n) is 28.2. The number of amidine groups is 1. The number of carbonyl (C=O) groups excluding carboxylic acids is 1. The summed E-state index contributed by atoms with van der Waals surface area (Å²) in [5.41, 5.74) is 4.73. The molecule has 2 heterocycles. The van der Waals surface area contributed by atoms with Gasteiger partial charge in [-0.3, -0.25) is 0 Å². The summed E-state index contributed by atoms with van der Waals surface area (Å²) < 4.78 is 48.2. The van der Waals surface area contributed by atoms with Gasteiger partial charge >= 0.3 is 12.4 Å². The van der Waals surface area contributed by atoms with Gasteiger partial charge in [0.1, 0.15) is 17.8 Å². The van der Waals surface area contributed by atoms with Crippen molar-refractivity contribution in [1.29, 1.82) is 0 Å². The van der Waals surface area contributed by atoms with Crippen molar-refractivity contribution in [2.45, 2.75) is 77.7 Å². The van der Waals surface area contributed by atoms with Gasteiger partial charge in [0.2, 0.25) is 0 Å². The van der Waals surface area contributed by atoms with Crippen molar-refractivity contribution in [2.24, 2.45) is 4.99 Å². The number of rotatable bonds is 11. The van der Waals surface area contributed by atoms with Crippen molar-refractivity contribution in [3.8, 4) is 28.6 Å². The number of ether oxygens (including phenoxy) is 2. The third kappa shape index (κ3) is 9.56. The lowest BCUT2D eigenvalue weighted by Gasteiger charge is -2.37. The molecule has 2 unspecified atom stereocenters. The average Bonchev–Trinajstić information content (AvgIpc) is 3.55. The second-order valence-electron chi connectivity index (χ2n) is 12.3. The van der Waals surface area contributed by atoms with Crippen LogP contribution < -0.4 is 19.7 Å². The molecular weight excluding hydrogens is 653 g/mol. The molecule has 5 rings (SSSR count). The number of aromatic nitrogens is 3. The summed E-state index contributed by atoms with van der Waals surface area (Å²) in [5, 5.41) is 8.23. The van der Waals surface area contributed by atoms with Gasteiger partial charge in [0.15, 0.2) is 11.0 Å². The highest BCUT2D eigenvalue weighted by Gasteiger charge is 2.31. The number of hydrogen-bond acceptors (Lipinski definition) is 6. The van der Waals surface area contributed by atoms with Gasteiger partial charge in [-0.05, 0) is 99.0 Å². The summed E-state index contributed by atoms with van der Waals surface area (Å²) in [7, 11) is 1.67. The first kappa shape index (κ1) is 35.8. The highest BCUT2D eigenvalue weighted by Crippen LogP contribution is 2.37. The highest BCUT2D eigenvalue weighted by atomic mass is 32.2. The molecule has 1 aliphatic heterocycles. The van der Waals surface area contributed by atoms with E-state index in [0.717, 1.165) is 59.6 Å². The van der Waals surface area contributed by atoms with Crippen LogP contribution in [-0.2, 0) is 6.42 Å². The van der Waals surface area contributed by atoms with Gasteiger partial charge in [-0.15, -0.1) is 18.3 Å². The first-order valence-corrected chi connectivity index (χ1v) is 17.2. The fraction of sp³-hybridized carbons (Fsp3) is 0.389. The number of methoxy groups -OCH3 is 1. The van der Waals surface area contributed by atoms with Crippen molar-refractivity contribution in [1.82, 2.24) is 20.1 Å². The molecular formula is C36H41F3N6O3S. The topological polar surface area (TPSA) is 93.9 Å². The van der Waals surface area contributed by atoms with E-state index in [1.54, 1.807) is 18.9 Å². The molecule has 0 saturated carbocycles. The van der Waals surface area contributed by atoms with Crippen molar-refractivity contribution in [3.05, 3.63) is 84.2 Å². The number of anilines is 1. The maximum absolute atomic E-state index is 13.1. The van der Waals surface area contributed by atoms with Crippen LogP contribution in [0.15, 0.2) is 78.0 Å². The molecule has 0 radical (unpaired) electrons. The van der Waals surface area contributed by atoms with Crippen LogP contribution in [0.1, 0.15) is 64.0 Å². The Bertz CT molecular complexity index is 1740. The van der Waals surface area contributed by atoms with Crippen LogP contribution in [0.2, 0.25) is 0 Å². The van der Waals surface area contributed by atoms with Gasteiger partial charge in [0, 0.05) is 29.1 Å². The Balaban J connectivity index is 1.13. The van der Waals surface area contributed by atoms with E-state index in [2.05, 4.69) is 62.9 Å². The molecule has 3 aromatic carbocycles. The molecule has 0 spiro atoms. The van der Waals surface area contributed by atoms with Crippen LogP contribution in [0.4, 0.5) is 23.7 Å². The number of carbonyl (C=O) groups is 1. The lowest BCUT2D eigenvalue weighted by molar-refractivity contribution is -0.274. The Morgan fingerprint density at radius 3 is 2.45 bits per heavy atom. The Kier molecular flexibility index (Phi) is 11.5. The molecule has 9 nitrogen and oxygen atoms in total. The maximum Gasteiger partial charge on any atom is 0.573 e. The molecule has 1 aromatic heterocycles. The number of halogens is 3. The fourth-order valence-corrected chi connectivity index (χ4v) is 6.84. The standard InChI is InChI=1S/C36H41F3N6O3S/c1-23(2)31-21-30(47-5)17-18-32(31)45-25(4)19-20-49-35(45)42-34(46)41-24(3)7-6-8-26-9-11-27(12-10-26)33-40-22-44(43-33)28-13-15-29(16-14-28)48-36(37,38)39/h9-18,21-25H,6-8,19-20H2,1-5H3,(H,41,46). The predicted molar refractivity (Wildman–Crippen MR) is 188 cm³/mol. The van der Waals surface area contributed by atoms with E-state index < -0.39 is 6.36 Å². The molecule has 13 heteroatoms. The molecule has 0 bridgehead atoms. The Morgan fingerprint density at radius 2 is 1.78 bits per heavy atom. The number of benzene rings is 3. The third-order valence-corrected chi connectivity index (χ3v) is 9.22. The van der Waals surface area contributed by atoms with Crippen LogP contribution in [-0.4, -0.2) is 57.3 Å². The SMILES string of the molecule is COc1ccc(N2C(=NC(=O)NC(C)CCCc3ccc(-c4ncn(-c5ccc(OC(F)(F)F)cc5)n4)cc3)SCCC2C)c(C(C)C)c1.